The molecule has 0 unspecified atom stereocenters. The van der Waals surface area contributed by atoms with E-state index in [-0.39, 0.29) is 12.5 Å². The fourth-order valence-electron chi connectivity index (χ4n) is 2.27. The van der Waals surface area contributed by atoms with Crippen molar-refractivity contribution in [1.82, 2.24) is 4.98 Å². The summed E-state index contributed by atoms with van der Waals surface area (Å²) in [6.45, 7) is 0.0542. The molecule has 1 heterocycles. The summed E-state index contributed by atoms with van der Waals surface area (Å²) < 4.78 is 0. The van der Waals surface area contributed by atoms with Crippen molar-refractivity contribution in [3.8, 4) is 5.88 Å². The van der Waals surface area contributed by atoms with E-state index in [2.05, 4.69) is 10.3 Å². The number of hydrogen-bond acceptors (Lipinski definition) is 5. The summed E-state index contributed by atoms with van der Waals surface area (Å²) in [7, 11) is 0. The molecule has 2 rings (SSSR count). The number of aromatic hydroxyl groups is 1. The molecule has 96 valence electrons. The summed E-state index contributed by atoms with van der Waals surface area (Å²) in [5.74, 6) is 0.0696. The molecule has 0 aromatic carbocycles. The second-order valence-corrected chi connectivity index (χ2v) is 5.66. The summed E-state index contributed by atoms with van der Waals surface area (Å²) in [5.41, 5.74) is 0. The minimum absolute atomic E-state index is 0.0542. The van der Waals surface area contributed by atoms with Crippen LogP contribution >= 0.6 is 11.3 Å². The van der Waals surface area contributed by atoms with Crippen molar-refractivity contribution in [2.75, 3.05) is 11.9 Å². The van der Waals surface area contributed by atoms with Gasteiger partial charge in [-0.25, -0.2) is 0 Å². The zero-order valence-electron chi connectivity index (χ0n) is 9.98. The monoisotopic (exact) mass is 256 g/mol. The molecule has 0 atom stereocenters. The van der Waals surface area contributed by atoms with Gasteiger partial charge < -0.3 is 15.5 Å². The molecule has 0 amide bonds. The van der Waals surface area contributed by atoms with Gasteiger partial charge in [0.2, 0.25) is 5.88 Å². The first kappa shape index (κ1) is 12.6. The maximum atomic E-state index is 9.60. The van der Waals surface area contributed by atoms with Crippen molar-refractivity contribution in [3.63, 3.8) is 0 Å². The Morgan fingerprint density at radius 3 is 2.59 bits per heavy atom. The summed E-state index contributed by atoms with van der Waals surface area (Å²) >= 11 is 1.45. The van der Waals surface area contributed by atoms with Gasteiger partial charge in [-0.1, -0.05) is 37.0 Å². The maximum Gasteiger partial charge on any atom is 0.227 e. The zero-order chi connectivity index (χ0) is 12.1. The predicted octanol–water partition coefficient (Wildman–Crippen LogP) is 2.52. The molecule has 1 aromatic heterocycles. The van der Waals surface area contributed by atoms with Crippen molar-refractivity contribution in [2.45, 2.75) is 51.0 Å². The molecule has 5 heteroatoms. The fraction of sp³-hybridized carbons (Fsp3) is 0.750. The molecule has 17 heavy (non-hydrogen) atoms. The third-order valence-electron chi connectivity index (χ3n) is 3.20. The number of aliphatic hydroxyl groups excluding tert-OH is 1. The van der Waals surface area contributed by atoms with E-state index in [1.54, 1.807) is 0 Å². The summed E-state index contributed by atoms with van der Waals surface area (Å²) in [5, 5.41) is 22.7. The van der Waals surface area contributed by atoms with Gasteiger partial charge in [-0.15, -0.1) is 0 Å². The van der Waals surface area contributed by atoms with Crippen LogP contribution in [0.4, 0.5) is 5.13 Å². The Balaban J connectivity index is 1.95. The highest BCUT2D eigenvalue weighted by molar-refractivity contribution is 7.15. The molecular formula is C12H20N2O2S. The normalized spacial score (nSPS) is 17.9. The quantitative estimate of drug-likeness (QED) is 0.724. The number of thiazole rings is 1. The van der Waals surface area contributed by atoms with E-state index in [0.29, 0.717) is 12.5 Å². The lowest BCUT2D eigenvalue weighted by Crippen LogP contribution is -2.17. The maximum absolute atomic E-state index is 9.60. The molecule has 0 radical (unpaired) electrons. The van der Waals surface area contributed by atoms with Crippen LogP contribution in [0.1, 0.15) is 43.4 Å². The molecule has 1 fully saturated rings. The van der Waals surface area contributed by atoms with Gasteiger partial charge in [0.05, 0.1) is 4.88 Å². The third-order valence-corrected chi connectivity index (χ3v) is 4.23. The molecule has 1 aromatic rings. The van der Waals surface area contributed by atoms with E-state index < -0.39 is 0 Å². The molecule has 1 aliphatic rings. The van der Waals surface area contributed by atoms with Gasteiger partial charge in [0.25, 0.3) is 0 Å². The van der Waals surface area contributed by atoms with E-state index >= 15 is 0 Å². The Hall–Kier alpha value is -0.810. The van der Waals surface area contributed by atoms with Gasteiger partial charge in [-0.05, 0) is 12.8 Å². The SMILES string of the molecule is OCCc1sc(NC2CCCCCC2)nc1O. The second-order valence-electron chi connectivity index (χ2n) is 4.57. The lowest BCUT2D eigenvalue weighted by Gasteiger charge is -2.14. The molecular weight excluding hydrogens is 236 g/mol. The molecule has 1 aliphatic carbocycles. The lowest BCUT2D eigenvalue weighted by molar-refractivity contribution is 0.298. The molecule has 3 N–H and O–H groups in total. The van der Waals surface area contributed by atoms with Crippen LogP contribution in [0.3, 0.4) is 0 Å². The fourth-order valence-corrected chi connectivity index (χ4v) is 3.19. The van der Waals surface area contributed by atoms with Gasteiger partial charge in [-0.3, -0.25) is 0 Å². The number of aromatic nitrogens is 1. The van der Waals surface area contributed by atoms with E-state index in [4.69, 9.17) is 5.11 Å². The van der Waals surface area contributed by atoms with E-state index in [9.17, 15) is 5.11 Å². The highest BCUT2D eigenvalue weighted by Gasteiger charge is 2.15. The lowest BCUT2D eigenvalue weighted by atomic mass is 10.1. The zero-order valence-corrected chi connectivity index (χ0v) is 10.8. The highest BCUT2D eigenvalue weighted by atomic mass is 32.1. The smallest absolute Gasteiger partial charge is 0.227 e. The van der Waals surface area contributed by atoms with Crippen LogP contribution in [-0.2, 0) is 6.42 Å². The van der Waals surface area contributed by atoms with Crippen molar-refractivity contribution in [3.05, 3.63) is 4.88 Å². The second kappa shape index (κ2) is 6.21. The molecule has 0 aliphatic heterocycles. The van der Waals surface area contributed by atoms with E-state index in [1.807, 2.05) is 0 Å². The number of nitrogens with zero attached hydrogens (tertiary/aromatic N) is 1. The minimum Gasteiger partial charge on any atom is -0.492 e. The average Bonchev–Trinajstić information content (AvgIpc) is 2.54. The average molecular weight is 256 g/mol. The number of nitrogens with one attached hydrogen (secondary N) is 1. The van der Waals surface area contributed by atoms with Crippen LogP contribution in [0.2, 0.25) is 0 Å². The number of aliphatic hydroxyl groups is 1. The minimum atomic E-state index is 0.0542. The van der Waals surface area contributed by atoms with Gasteiger partial charge >= 0.3 is 0 Å². The Bertz CT molecular complexity index is 346. The van der Waals surface area contributed by atoms with Crippen LogP contribution in [-0.4, -0.2) is 27.8 Å². The summed E-state index contributed by atoms with van der Waals surface area (Å²) in [4.78, 5) is 4.87. The summed E-state index contributed by atoms with van der Waals surface area (Å²) in [6.07, 6.45) is 8.08. The number of anilines is 1. The van der Waals surface area contributed by atoms with Crippen molar-refractivity contribution in [2.24, 2.45) is 0 Å². The first-order valence-corrected chi connectivity index (χ1v) is 7.17. The van der Waals surface area contributed by atoms with Gasteiger partial charge in [0, 0.05) is 19.1 Å². The molecule has 4 nitrogen and oxygen atoms in total. The number of rotatable bonds is 4. The summed E-state index contributed by atoms with van der Waals surface area (Å²) in [6, 6.07) is 0.491. The molecule has 0 bridgehead atoms. The first-order chi connectivity index (χ1) is 8.29. The first-order valence-electron chi connectivity index (χ1n) is 6.35. The highest BCUT2D eigenvalue weighted by Crippen LogP contribution is 2.30. The van der Waals surface area contributed by atoms with Crippen molar-refractivity contribution in [1.29, 1.82) is 0 Å². The topological polar surface area (TPSA) is 65.4 Å². The van der Waals surface area contributed by atoms with Crippen LogP contribution in [0.5, 0.6) is 5.88 Å². The van der Waals surface area contributed by atoms with Crippen LogP contribution in [0.15, 0.2) is 0 Å². The number of hydrogen-bond donors (Lipinski definition) is 3. The third kappa shape index (κ3) is 3.57. The Morgan fingerprint density at radius 2 is 1.94 bits per heavy atom. The van der Waals surface area contributed by atoms with Gasteiger partial charge in [0.15, 0.2) is 5.13 Å². The van der Waals surface area contributed by atoms with Crippen LogP contribution < -0.4 is 5.32 Å². The Labute approximate surface area is 106 Å². The standard InChI is InChI=1S/C12H20N2O2S/c15-8-7-10-11(16)14-12(17-10)13-9-5-3-1-2-4-6-9/h9,15-16H,1-8H2,(H,13,14). The largest absolute Gasteiger partial charge is 0.492 e. The van der Waals surface area contributed by atoms with Crippen LogP contribution in [0, 0.1) is 0 Å². The van der Waals surface area contributed by atoms with Crippen molar-refractivity contribution >= 4 is 16.5 Å². The van der Waals surface area contributed by atoms with Crippen molar-refractivity contribution < 1.29 is 10.2 Å². The van der Waals surface area contributed by atoms with Crippen LogP contribution in [0.25, 0.3) is 0 Å². The van der Waals surface area contributed by atoms with E-state index in [0.717, 1.165) is 10.0 Å². The Kier molecular flexibility index (Phi) is 4.62. The molecule has 0 saturated heterocycles. The predicted molar refractivity (Wildman–Crippen MR) is 69.7 cm³/mol. The Morgan fingerprint density at radius 1 is 1.24 bits per heavy atom. The van der Waals surface area contributed by atoms with Gasteiger partial charge in [-0.2, -0.15) is 4.98 Å². The molecule has 0 spiro atoms. The van der Waals surface area contributed by atoms with Gasteiger partial charge in [0.1, 0.15) is 0 Å². The van der Waals surface area contributed by atoms with E-state index in [1.165, 1.54) is 49.9 Å². The molecule has 1 saturated carbocycles.